The van der Waals surface area contributed by atoms with E-state index < -0.39 is 20.0 Å². The lowest BCUT2D eigenvalue weighted by Gasteiger charge is -2.25. The van der Waals surface area contributed by atoms with Crippen molar-refractivity contribution in [2.75, 3.05) is 26.7 Å². The van der Waals surface area contributed by atoms with Gasteiger partial charge in [0, 0.05) is 11.4 Å². The lowest BCUT2D eigenvalue weighted by Crippen LogP contribution is -2.40. The maximum atomic E-state index is 12.7. The van der Waals surface area contributed by atoms with Gasteiger partial charge in [-0.25, -0.2) is 16.8 Å². The van der Waals surface area contributed by atoms with Crippen molar-refractivity contribution in [3.05, 3.63) is 17.7 Å². The maximum absolute atomic E-state index is 12.7. The highest BCUT2D eigenvalue weighted by Crippen LogP contribution is 2.31. The van der Waals surface area contributed by atoms with E-state index in [-0.39, 0.29) is 28.6 Å². The average molecular weight is 378 g/mol. The molecule has 0 amide bonds. The fourth-order valence-corrected chi connectivity index (χ4v) is 6.49. The zero-order chi connectivity index (χ0) is 18.5. The van der Waals surface area contributed by atoms with Crippen molar-refractivity contribution < 1.29 is 16.8 Å². The van der Waals surface area contributed by atoms with E-state index in [0.717, 1.165) is 0 Å². The summed E-state index contributed by atoms with van der Waals surface area (Å²) in [5.41, 5.74) is 12.8. The summed E-state index contributed by atoms with van der Waals surface area (Å²) in [6, 6.07) is 2.69. The topological polar surface area (TPSA) is 124 Å². The molecule has 7 nitrogen and oxygen atoms in total. The summed E-state index contributed by atoms with van der Waals surface area (Å²) in [5.74, 6) is -0.495. The molecule has 1 rings (SSSR count). The minimum Gasteiger partial charge on any atom is -0.398 e. The first-order valence-corrected chi connectivity index (χ1v) is 11.2. The monoisotopic (exact) mass is 377 g/mol. The molecule has 0 fully saturated rings. The first kappa shape index (κ1) is 20.6. The van der Waals surface area contributed by atoms with E-state index >= 15 is 0 Å². The van der Waals surface area contributed by atoms with Crippen LogP contribution in [-0.4, -0.2) is 28.3 Å². The Morgan fingerprint density at radius 1 is 0.875 bits per heavy atom. The average Bonchev–Trinajstić information content (AvgIpc) is 2.48. The largest absolute Gasteiger partial charge is 0.398 e. The lowest BCUT2D eigenvalue weighted by atomic mass is 10.1. The van der Waals surface area contributed by atoms with Gasteiger partial charge in [-0.3, -0.25) is 0 Å². The molecule has 0 spiro atoms. The van der Waals surface area contributed by atoms with Gasteiger partial charge >= 0.3 is 0 Å². The van der Waals surface area contributed by atoms with Gasteiger partial charge in [0.25, 0.3) is 0 Å². The fraction of sp³-hybridized carbons (Fsp3) is 0.600. The molecule has 0 radical (unpaired) electrons. The number of benzene rings is 1. The van der Waals surface area contributed by atoms with Crippen LogP contribution in [0.3, 0.4) is 0 Å². The summed E-state index contributed by atoms with van der Waals surface area (Å²) < 4.78 is 51.2. The summed E-state index contributed by atoms with van der Waals surface area (Å²) in [7, 11) is -8.08. The molecule has 138 valence electrons. The molecular weight excluding hydrogens is 350 g/mol. The van der Waals surface area contributed by atoms with Gasteiger partial charge in [-0.15, -0.1) is 0 Å². The molecule has 1 aromatic rings. The molecular formula is C15H27N3O4S2. The Balaban J connectivity index is 3.50. The van der Waals surface area contributed by atoms with Gasteiger partial charge in [0.15, 0.2) is 0 Å². The third-order valence-corrected chi connectivity index (χ3v) is 8.10. The van der Waals surface area contributed by atoms with E-state index in [1.165, 1.54) is 12.1 Å². The van der Waals surface area contributed by atoms with E-state index in [2.05, 4.69) is 0 Å². The van der Waals surface area contributed by atoms with Crippen LogP contribution in [0.15, 0.2) is 12.1 Å². The molecule has 0 saturated carbocycles. The van der Waals surface area contributed by atoms with Crippen LogP contribution in [0.4, 0.5) is 17.1 Å². The minimum absolute atomic E-state index is 0.0252. The Labute approximate surface area is 145 Å². The lowest BCUT2D eigenvalue weighted by molar-refractivity contribution is 0.580. The van der Waals surface area contributed by atoms with Crippen LogP contribution in [0.2, 0.25) is 0 Å². The van der Waals surface area contributed by atoms with E-state index in [9.17, 15) is 16.8 Å². The van der Waals surface area contributed by atoms with Crippen LogP contribution in [0.25, 0.3) is 0 Å². The van der Waals surface area contributed by atoms with Gasteiger partial charge in [0.2, 0.25) is 20.0 Å². The molecule has 1 aromatic carbocycles. The molecule has 0 aliphatic rings. The summed E-state index contributed by atoms with van der Waals surface area (Å²) >= 11 is 0. The third-order valence-electron chi connectivity index (χ3n) is 3.70. The Hall–Kier alpha value is -1.48. The van der Waals surface area contributed by atoms with Crippen LogP contribution >= 0.6 is 0 Å². The van der Waals surface area contributed by atoms with Crippen LogP contribution in [-0.2, 0) is 20.0 Å². The molecule has 0 unspecified atom stereocenters. The zero-order valence-electron chi connectivity index (χ0n) is 14.4. The standard InChI is InChI=1S/C15H27N3O4S2/c1-4-6-8-23(19,20)18(24(21,22)9-7-5-2)13-10-14(16)12(3)15(17)11-13/h10-11H,4-9,16-17H2,1-3H3. The number of nitrogens with two attached hydrogens (primary N) is 2. The van der Waals surface area contributed by atoms with Crippen molar-refractivity contribution in [1.82, 2.24) is 0 Å². The smallest absolute Gasteiger partial charge is 0.248 e. The molecule has 24 heavy (non-hydrogen) atoms. The Kier molecular flexibility index (Phi) is 6.91. The molecule has 9 heteroatoms. The number of hydrogen-bond donors (Lipinski definition) is 2. The summed E-state index contributed by atoms with van der Waals surface area (Å²) in [6.07, 6.45) is 2.03. The number of unbranched alkanes of at least 4 members (excludes halogenated alkanes) is 2. The summed E-state index contributed by atoms with van der Waals surface area (Å²) in [4.78, 5) is 0. The van der Waals surface area contributed by atoms with Gasteiger partial charge in [0.05, 0.1) is 17.2 Å². The molecule has 0 aliphatic carbocycles. The Bertz CT molecular complexity index is 713. The van der Waals surface area contributed by atoms with Gasteiger partial charge in [0.1, 0.15) is 0 Å². The second-order valence-electron chi connectivity index (χ2n) is 5.79. The van der Waals surface area contributed by atoms with E-state index in [1.807, 2.05) is 13.8 Å². The van der Waals surface area contributed by atoms with Crippen molar-refractivity contribution in [3.8, 4) is 0 Å². The number of nitrogen functional groups attached to an aromatic ring is 2. The second-order valence-corrected chi connectivity index (χ2v) is 9.89. The van der Waals surface area contributed by atoms with Crippen molar-refractivity contribution in [2.24, 2.45) is 0 Å². The summed E-state index contributed by atoms with van der Waals surface area (Å²) in [6.45, 7) is 5.37. The predicted octanol–water partition coefficient (Wildman–Crippen LogP) is 2.23. The molecule has 0 atom stereocenters. The quantitative estimate of drug-likeness (QED) is 0.636. The van der Waals surface area contributed by atoms with Crippen LogP contribution < -0.4 is 15.2 Å². The molecule has 0 saturated heterocycles. The van der Waals surface area contributed by atoms with Crippen molar-refractivity contribution >= 4 is 37.1 Å². The van der Waals surface area contributed by atoms with Crippen LogP contribution in [0.5, 0.6) is 0 Å². The van der Waals surface area contributed by atoms with E-state index in [1.54, 1.807) is 6.92 Å². The SMILES string of the molecule is CCCCS(=O)(=O)N(c1cc(N)c(C)c(N)c1)S(=O)(=O)CCCC. The highest BCUT2D eigenvalue weighted by atomic mass is 32.3. The Morgan fingerprint density at radius 3 is 1.58 bits per heavy atom. The van der Waals surface area contributed by atoms with E-state index in [4.69, 9.17) is 11.5 Å². The number of sulfonamides is 2. The van der Waals surface area contributed by atoms with Gasteiger partial charge < -0.3 is 11.5 Å². The van der Waals surface area contributed by atoms with Gasteiger partial charge in [-0.1, -0.05) is 26.7 Å². The molecule has 0 bridgehead atoms. The maximum Gasteiger partial charge on any atom is 0.248 e. The molecule has 0 aromatic heterocycles. The van der Waals surface area contributed by atoms with Gasteiger partial charge in [-0.2, -0.15) is 3.71 Å². The normalized spacial score (nSPS) is 12.3. The summed E-state index contributed by atoms with van der Waals surface area (Å²) in [5, 5.41) is 0. The number of rotatable bonds is 9. The fourth-order valence-electron chi connectivity index (χ4n) is 2.16. The van der Waals surface area contributed by atoms with Crippen LogP contribution in [0, 0.1) is 6.92 Å². The van der Waals surface area contributed by atoms with Crippen molar-refractivity contribution in [2.45, 2.75) is 46.5 Å². The molecule has 4 N–H and O–H groups in total. The first-order valence-electron chi connectivity index (χ1n) is 7.98. The van der Waals surface area contributed by atoms with E-state index in [0.29, 0.717) is 35.0 Å². The molecule has 0 aliphatic heterocycles. The van der Waals surface area contributed by atoms with Crippen molar-refractivity contribution in [1.29, 1.82) is 0 Å². The highest BCUT2D eigenvalue weighted by Gasteiger charge is 2.33. The Morgan fingerprint density at radius 2 is 1.25 bits per heavy atom. The highest BCUT2D eigenvalue weighted by molar-refractivity contribution is 8.10. The third kappa shape index (κ3) is 4.76. The predicted molar refractivity (Wildman–Crippen MR) is 99.9 cm³/mol. The van der Waals surface area contributed by atoms with Crippen LogP contribution in [0.1, 0.15) is 45.1 Å². The number of hydrogen-bond acceptors (Lipinski definition) is 6. The number of anilines is 3. The van der Waals surface area contributed by atoms with Crippen molar-refractivity contribution in [3.63, 3.8) is 0 Å². The first-order chi connectivity index (χ1) is 11.1. The van der Waals surface area contributed by atoms with Gasteiger partial charge in [-0.05, 0) is 37.5 Å². The second kappa shape index (κ2) is 8.06. The number of nitrogens with zero attached hydrogens (tertiary/aromatic N) is 1. The molecule has 0 heterocycles. The minimum atomic E-state index is -4.04. The zero-order valence-corrected chi connectivity index (χ0v) is 16.1.